The van der Waals surface area contributed by atoms with Crippen molar-refractivity contribution in [3.8, 4) is 5.75 Å². The second-order valence-electron chi connectivity index (χ2n) is 5.20. The molecule has 0 aliphatic rings. The Labute approximate surface area is 156 Å². The molecule has 0 aromatic heterocycles. The first-order valence-corrected chi connectivity index (χ1v) is 9.30. The van der Waals surface area contributed by atoms with Crippen LogP contribution in [-0.2, 0) is 14.8 Å². The summed E-state index contributed by atoms with van der Waals surface area (Å²) >= 11 is 11.9. The second-order valence-corrected chi connectivity index (χ2v) is 8.13. The lowest BCUT2D eigenvalue weighted by atomic mass is 10.3. The van der Waals surface area contributed by atoms with Crippen LogP contribution >= 0.6 is 23.2 Å². The van der Waals surface area contributed by atoms with Gasteiger partial charge in [-0.3, -0.25) is 4.79 Å². The first-order valence-electron chi connectivity index (χ1n) is 7.11. The van der Waals surface area contributed by atoms with Gasteiger partial charge in [0.1, 0.15) is 10.6 Å². The number of ether oxygens (including phenoxy) is 1. The highest BCUT2D eigenvalue weighted by Gasteiger charge is 2.21. The van der Waals surface area contributed by atoms with E-state index in [9.17, 15) is 13.2 Å². The van der Waals surface area contributed by atoms with Crippen LogP contribution in [0.25, 0.3) is 0 Å². The molecule has 2 aromatic rings. The molecule has 134 valence electrons. The fourth-order valence-corrected chi connectivity index (χ4v) is 3.46. The van der Waals surface area contributed by atoms with E-state index in [2.05, 4.69) is 5.32 Å². The van der Waals surface area contributed by atoms with E-state index in [4.69, 9.17) is 27.9 Å². The third-order valence-corrected chi connectivity index (χ3v) is 5.78. The predicted molar refractivity (Wildman–Crippen MR) is 97.9 cm³/mol. The summed E-state index contributed by atoms with van der Waals surface area (Å²) in [7, 11) is -0.931. The van der Waals surface area contributed by atoms with Crippen LogP contribution in [0.4, 0.5) is 5.69 Å². The van der Waals surface area contributed by atoms with Crippen LogP contribution in [-0.4, -0.2) is 39.3 Å². The molecule has 0 unspecified atom stereocenters. The summed E-state index contributed by atoms with van der Waals surface area (Å²) < 4.78 is 30.8. The van der Waals surface area contributed by atoms with Crippen molar-refractivity contribution in [1.82, 2.24) is 4.31 Å². The van der Waals surface area contributed by atoms with Crippen LogP contribution in [0.5, 0.6) is 5.75 Å². The average molecular weight is 403 g/mol. The molecule has 6 nitrogen and oxygen atoms in total. The Kier molecular flexibility index (Phi) is 6.29. The monoisotopic (exact) mass is 402 g/mol. The molecule has 2 rings (SSSR count). The summed E-state index contributed by atoms with van der Waals surface area (Å²) in [5.74, 6) is -0.0817. The fraction of sp³-hybridized carbons (Fsp3) is 0.188. The number of rotatable bonds is 6. The minimum Gasteiger partial charge on any atom is -0.482 e. The van der Waals surface area contributed by atoms with E-state index in [-0.39, 0.29) is 22.2 Å². The fourth-order valence-electron chi connectivity index (χ4n) is 1.88. The van der Waals surface area contributed by atoms with Gasteiger partial charge in [0.05, 0.1) is 10.0 Å². The van der Waals surface area contributed by atoms with E-state index in [1.165, 1.54) is 32.3 Å². The summed E-state index contributed by atoms with van der Waals surface area (Å²) in [5, 5.41) is 3.02. The van der Waals surface area contributed by atoms with Crippen molar-refractivity contribution < 1.29 is 17.9 Å². The van der Waals surface area contributed by atoms with Gasteiger partial charge in [-0.1, -0.05) is 35.3 Å². The summed E-state index contributed by atoms with van der Waals surface area (Å²) in [4.78, 5) is 11.9. The van der Waals surface area contributed by atoms with Crippen LogP contribution in [0, 0.1) is 0 Å². The van der Waals surface area contributed by atoms with Gasteiger partial charge in [0.15, 0.2) is 6.61 Å². The molecule has 0 spiro atoms. The van der Waals surface area contributed by atoms with Crippen molar-refractivity contribution in [2.24, 2.45) is 0 Å². The van der Waals surface area contributed by atoms with Crippen LogP contribution < -0.4 is 10.1 Å². The van der Waals surface area contributed by atoms with Gasteiger partial charge in [-0.15, -0.1) is 0 Å². The summed E-state index contributed by atoms with van der Waals surface area (Å²) in [6, 6.07) is 11.0. The van der Waals surface area contributed by atoms with E-state index in [1.54, 1.807) is 24.3 Å². The number of anilines is 1. The van der Waals surface area contributed by atoms with E-state index in [0.717, 1.165) is 4.31 Å². The number of hydrogen-bond donors (Lipinski definition) is 1. The standard InChI is InChI=1S/C16H16Cl2N2O4S/c1-20(2)25(22,23)15-9-11(7-8-13(15)18)19-16(21)10-24-14-6-4-3-5-12(14)17/h3-9H,10H2,1-2H3,(H,19,21). The molecule has 0 bridgehead atoms. The first kappa shape index (κ1) is 19.5. The highest BCUT2D eigenvalue weighted by Crippen LogP contribution is 2.27. The van der Waals surface area contributed by atoms with Crippen molar-refractivity contribution in [2.75, 3.05) is 26.0 Å². The van der Waals surface area contributed by atoms with Crippen LogP contribution in [0.2, 0.25) is 10.0 Å². The molecule has 0 fully saturated rings. The smallest absolute Gasteiger partial charge is 0.262 e. The summed E-state index contributed by atoms with van der Waals surface area (Å²) in [5.41, 5.74) is 0.289. The third kappa shape index (κ3) is 4.85. The van der Waals surface area contributed by atoms with E-state index < -0.39 is 15.9 Å². The largest absolute Gasteiger partial charge is 0.482 e. The number of nitrogens with zero attached hydrogens (tertiary/aromatic N) is 1. The predicted octanol–water partition coefficient (Wildman–Crippen LogP) is 3.26. The Morgan fingerprint density at radius 1 is 1.12 bits per heavy atom. The number of nitrogens with one attached hydrogen (secondary N) is 1. The Balaban J connectivity index is 2.10. The maximum Gasteiger partial charge on any atom is 0.262 e. The molecule has 9 heteroatoms. The van der Waals surface area contributed by atoms with Gasteiger partial charge >= 0.3 is 0 Å². The zero-order valence-corrected chi connectivity index (χ0v) is 15.8. The number of halogens is 2. The van der Waals surface area contributed by atoms with Gasteiger partial charge in [-0.2, -0.15) is 0 Å². The molecule has 2 aromatic carbocycles. The van der Waals surface area contributed by atoms with Gasteiger partial charge in [0.25, 0.3) is 5.91 Å². The number of carbonyl (C=O) groups is 1. The molecule has 1 amide bonds. The molecule has 0 aliphatic carbocycles. The van der Waals surface area contributed by atoms with E-state index >= 15 is 0 Å². The Morgan fingerprint density at radius 2 is 1.80 bits per heavy atom. The molecule has 0 aliphatic heterocycles. The lowest BCUT2D eigenvalue weighted by molar-refractivity contribution is -0.118. The molecular weight excluding hydrogens is 387 g/mol. The Hall–Kier alpha value is -1.80. The lowest BCUT2D eigenvalue weighted by Gasteiger charge is -2.14. The van der Waals surface area contributed by atoms with Gasteiger partial charge < -0.3 is 10.1 Å². The maximum absolute atomic E-state index is 12.2. The molecule has 0 saturated heterocycles. The quantitative estimate of drug-likeness (QED) is 0.804. The molecule has 0 saturated carbocycles. The van der Waals surface area contributed by atoms with Crippen molar-refractivity contribution >= 4 is 44.8 Å². The molecule has 25 heavy (non-hydrogen) atoms. The van der Waals surface area contributed by atoms with Gasteiger partial charge in [-0.05, 0) is 30.3 Å². The maximum atomic E-state index is 12.2. The van der Waals surface area contributed by atoms with Crippen LogP contribution in [0.3, 0.4) is 0 Å². The Bertz CT molecular complexity index is 885. The number of hydrogen-bond acceptors (Lipinski definition) is 4. The number of sulfonamides is 1. The molecular formula is C16H16Cl2N2O4S. The minimum atomic E-state index is -3.73. The number of benzene rings is 2. The van der Waals surface area contributed by atoms with E-state index in [1.807, 2.05) is 0 Å². The molecule has 0 radical (unpaired) electrons. The zero-order valence-electron chi connectivity index (χ0n) is 13.5. The highest BCUT2D eigenvalue weighted by atomic mass is 35.5. The van der Waals surface area contributed by atoms with Crippen LogP contribution in [0.1, 0.15) is 0 Å². The minimum absolute atomic E-state index is 0.0685. The van der Waals surface area contributed by atoms with Gasteiger partial charge in [-0.25, -0.2) is 12.7 Å². The molecule has 0 heterocycles. The SMILES string of the molecule is CN(C)S(=O)(=O)c1cc(NC(=O)COc2ccccc2Cl)ccc1Cl. The van der Waals surface area contributed by atoms with Gasteiger partial charge in [0, 0.05) is 19.8 Å². The van der Waals surface area contributed by atoms with Crippen LogP contribution in [0.15, 0.2) is 47.4 Å². The number of carbonyl (C=O) groups excluding carboxylic acids is 1. The Morgan fingerprint density at radius 3 is 2.44 bits per heavy atom. The number of para-hydroxylation sites is 1. The van der Waals surface area contributed by atoms with Crippen molar-refractivity contribution in [2.45, 2.75) is 4.90 Å². The second kappa shape index (κ2) is 8.05. The average Bonchev–Trinajstić information content (AvgIpc) is 2.55. The highest BCUT2D eigenvalue weighted by molar-refractivity contribution is 7.89. The zero-order chi connectivity index (χ0) is 18.6. The third-order valence-electron chi connectivity index (χ3n) is 3.17. The topological polar surface area (TPSA) is 75.7 Å². The lowest BCUT2D eigenvalue weighted by Crippen LogP contribution is -2.23. The molecule has 0 atom stereocenters. The summed E-state index contributed by atoms with van der Waals surface area (Å²) in [6.45, 7) is -0.276. The first-order chi connectivity index (χ1) is 11.7. The van der Waals surface area contributed by atoms with Gasteiger partial charge in [0.2, 0.25) is 10.0 Å². The summed E-state index contributed by atoms with van der Waals surface area (Å²) in [6.07, 6.45) is 0. The van der Waals surface area contributed by atoms with Crippen molar-refractivity contribution in [3.05, 3.63) is 52.5 Å². The molecule has 1 N–H and O–H groups in total. The number of amides is 1. The normalized spacial score (nSPS) is 11.4. The van der Waals surface area contributed by atoms with E-state index in [0.29, 0.717) is 10.8 Å². The van der Waals surface area contributed by atoms with Crippen molar-refractivity contribution in [1.29, 1.82) is 0 Å². The van der Waals surface area contributed by atoms with Crippen molar-refractivity contribution in [3.63, 3.8) is 0 Å².